The number of allylic oxidation sites excluding steroid dienone is 2. The smallest absolute Gasteiger partial charge is 0.407 e. The minimum absolute atomic E-state index is 0.0894. The molecule has 2 aromatic carbocycles. The van der Waals surface area contributed by atoms with Crippen molar-refractivity contribution in [3.8, 4) is 17.0 Å². The van der Waals surface area contributed by atoms with E-state index in [-0.39, 0.29) is 5.92 Å². The van der Waals surface area contributed by atoms with Crippen LogP contribution in [0, 0.1) is 5.92 Å². The predicted molar refractivity (Wildman–Crippen MR) is 186 cm³/mol. The lowest BCUT2D eigenvalue weighted by molar-refractivity contribution is -0.110. The van der Waals surface area contributed by atoms with Crippen molar-refractivity contribution in [1.29, 1.82) is 0 Å². The van der Waals surface area contributed by atoms with E-state index in [0.29, 0.717) is 19.4 Å². The fraction of sp³-hybridized carbons (Fsp3) is 0.429. The molecule has 0 spiro atoms. The average Bonchev–Trinajstić information content (AvgIpc) is 3.65. The van der Waals surface area contributed by atoms with E-state index in [1.54, 1.807) is 0 Å². The molecule has 2 aliphatic heterocycles. The summed E-state index contributed by atoms with van der Waals surface area (Å²) in [6.45, 7) is 13.8. The number of likely N-dealkylation sites (tertiary alicyclic amines) is 1. The summed E-state index contributed by atoms with van der Waals surface area (Å²) in [5.74, 6) is 0.972. The number of amides is 2. The van der Waals surface area contributed by atoms with Crippen LogP contribution in [0.15, 0.2) is 54.6 Å². The van der Waals surface area contributed by atoms with E-state index < -0.39 is 12.1 Å². The highest BCUT2D eigenvalue weighted by molar-refractivity contribution is 5.92. The number of rotatable bonds is 6. The second-order valence-electron chi connectivity index (χ2n) is 10.9. The molecule has 2 unspecified atom stereocenters. The summed E-state index contributed by atoms with van der Waals surface area (Å²) in [6, 6.07) is 14.5. The summed E-state index contributed by atoms with van der Waals surface area (Å²) < 4.78 is 12.4. The molecule has 3 heterocycles. The first kappa shape index (κ1) is 39.4. The molecule has 2 aliphatic rings. The molecule has 11 nitrogen and oxygen atoms in total. The Labute approximate surface area is 273 Å². The van der Waals surface area contributed by atoms with E-state index >= 15 is 0 Å². The molecular formula is C35H51N5O6. The van der Waals surface area contributed by atoms with Crippen molar-refractivity contribution in [2.24, 2.45) is 5.92 Å². The zero-order chi connectivity index (χ0) is 34.6. The molecule has 0 radical (unpaired) electrons. The quantitative estimate of drug-likeness (QED) is 0.211. The largest absolute Gasteiger partial charge is 0.472 e. The summed E-state index contributed by atoms with van der Waals surface area (Å²) in [7, 11) is 5.35. The highest BCUT2D eigenvalue weighted by Gasteiger charge is 2.20. The van der Waals surface area contributed by atoms with Crippen LogP contribution in [0.1, 0.15) is 47.5 Å². The molecular weight excluding hydrogens is 586 g/mol. The summed E-state index contributed by atoms with van der Waals surface area (Å²) in [4.78, 5) is 41.9. The van der Waals surface area contributed by atoms with Gasteiger partial charge in [-0.1, -0.05) is 26.0 Å². The van der Waals surface area contributed by atoms with E-state index in [4.69, 9.17) is 9.53 Å². The van der Waals surface area contributed by atoms with Crippen molar-refractivity contribution in [2.45, 2.75) is 66.3 Å². The van der Waals surface area contributed by atoms with Crippen LogP contribution in [0.4, 0.5) is 16.2 Å². The van der Waals surface area contributed by atoms with Crippen LogP contribution in [0.2, 0.25) is 0 Å². The first-order chi connectivity index (χ1) is 22.1. The number of hydrogen-bond donors (Lipinski definition) is 3. The Morgan fingerprint density at radius 1 is 1.07 bits per heavy atom. The maximum atomic E-state index is 10.6. The number of aldehydes is 1. The monoisotopic (exact) mass is 637 g/mol. The molecule has 0 aliphatic carbocycles. The number of aromatic nitrogens is 1. The van der Waals surface area contributed by atoms with Gasteiger partial charge in [-0.05, 0) is 89.5 Å². The molecule has 1 aromatic heterocycles. The summed E-state index contributed by atoms with van der Waals surface area (Å²) >= 11 is 0. The molecule has 252 valence electrons. The van der Waals surface area contributed by atoms with Crippen LogP contribution < -0.4 is 20.7 Å². The van der Waals surface area contributed by atoms with Crippen LogP contribution >= 0.6 is 0 Å². The molecule has 46 heavy (non-hydrogen) atoms. The van der Waals surface area contributed by atoms with Crippen LogP contribution in [-0.2, 0) is 25.9 Å². The van der Waals surface area contributed by atoms with Crippen LogP contribution in [0.25, 0.3) is 22.2 Å². The number of fused-ring (bicyclic) bond motifs is 5. The minimum Gasteiger partial charge on any atom is -0.472 e. The van der Waals surface area contributed by atoms with Crippen LogP contribution in [0.5, 0.6) is 5.75 Å². The Kier molecular flexibility index (Phi) is 18.1. The summed E-state index contributed by atoms with van der Waals surface area (Å²) in [6.07, 6.45) is 7.61. The molecule has 3 N–H and O–H groups in total. The molecule has 0 saturated carbocycles. The van der Waals surface area contributed by atoms with Crippen LogP contribution in [-0.4, -0.2) is 74.9 Å². The van der Waals surface area contributed by atoms with Crippen molar-refractivity contribution >= 4 is 47.9 Å². The van der Waals surface area contributed by atoms with Gasteiger partial charge in [-0.15, -0.1) is 0 Å². The summed E-state index contributed by atoms with van der Waals surface area (Å²) in [5.41, 5.74) is 5.11. The minimum atomic E-state index is -0.573. The van der Waals surface area contributed by atoms with Crippen molar-refractivity contribution < 1.29 is 28.7 Å². The van der Waals surface area contributed by atoms with Gasteiger partial charge in [0, 0.05) is 41.5 Å². The van der Waals surface area contributed by atoms with Gasteiger partial charge in [0.15, 0.2) is 6.73 Å². The Morgan fingerprint density at radius 2 is 1.74 bits per heavy atom. The van der Waals surface area contributed by atoms with Gasteiger partial charge >= 0.3 is 6.09 Å². The standard InChI is InChI=1S/C17H15N3O2.C7H13NO3.C6H13N.C4H8.CH2O/c1-18-12-2-4-14-16-7-11-6-13(19-9-21)3-5-15(11)20(16)10-22-17(14)8-12;1-5(2)6(4-9)8-7(10)11-3;1-6-4-3-5-7(6)2;1-3-4-2;1-2/h2-9,18H,10H2,1H3,(H,19,21);4-6H,1-3H3,(H,8,10);6H,3-5H2,1-2H3;3-4H,1-2H3;1H2/b;;;4-3-;. The molecule has 2 amide bonds. The zero-order valence-corrected chi connectivity index (χ0v) is 28.5. The number of nitrogens with zero attached hydrogens (tertiary/aromatic N) is 2. The van der Waals surface area contributed by atoms with Gasteiger partial charge in [0.05, 0.1) is 24.4 Å². The SMILES string of the molecule is C/C=C\C.C=O.CC1CCCN1C.CNc1ccc2c(c1)OCn1c-2cc2cc(NC=O)ccc21.COC(=O)NC(C=O)C(C)C. The molecule has 0 bridgehead atoms. The van der Waals surface area contributed by atoms with E-state index in [1.165, 1.54) is 26.5 Å². The van der Waals surface area contributed by atoms with Gasteiger partial charge in [0.1, 0.15) is 18.8 Å². The first-order valence-electron chi connectivity index (χ1n) is 15.3. The van der Waals surface area contributed by atoms with E-state index in [0.717, 1.165) is 45.3 Å². The van der Waals surface area contributed by atoms with E-state index in [1.807, 2.05) is 84.0 Å². The van der Waals surface area contributed by atoms with Crippen molar-refractivity contribution in [3.05, 3.63) is 54.6 Å². The highest BCUT2D eigenvalue weighted by Crippen LogP contribution is 2.39. The summed E-state index contributed by atoms with van der Waals surface area (Å²) in [5, 5.41) is 9.27. The third-order valence-electron chi connectivity index (χ3n) is 7.58. The lowest BCUT2D eigenvalue weighted by atomic mass is 10.1. The second-order valence-corrected chi connectivity index (χ2v) is 10.9. The number of anilines is 2. The topological polar surface area (TPSA) is 131 Å². The van der Waals surface area contributed by atoms with Crippen LogP contribution in [0.3, 0.4) is 0 Å². The lowest BCUT2D eigenvalue weighted by Crippen LogP contribution is -2.39. The molecule has 2 atom stereocenters. The molecule has 1 saturated heterocycles. The van der Waals surface area contributed by atoms with E-state index in [9.17, 15) is 14.4 Å². The second kappa shape index (κ2) is 21.2. The first-order valence-corrected chi connectivity index (χ1v) is 15.3. The van der Waals surface area contributed by atoms with Gasteiger partial charge in [0.25, 0.3) is 0 Å². The van der Waals surface area contributed by atoms with Gasteiger partial charge in [-0.2, -0.15) is 0 Å². The number of nitrogens with one attached hydrogen (secondary N) is 3. The Balaban J connectivity index is 0.000000368. The fourth-order valence-corrected chi connectivity index (χ4v) is 4.56. The number of alkyl carbamates (subject to hydrolysis) is 1. The number of carbonyl (C=O) groups is 4. The Morgan fingerprint density at radius 3 is 2.22 bits per heavy atom. The molecule has 3 aromatic rings. The third kappa shape index (κ3) is 11.7. The zero-order valence-electron chi connectivity index (χ0n) is 28.5. The maximum absolute atomic E-state index is 10.6. The van der Waals surface area contributed by atoms with Gasteiger partial charge in [0.2, 0.25) is 6.41 Å². The maximum Gasteiger partial charge on any atom is 0.407 e. The number of benzene rings is 2. The van der Waals surface area contributed by atoms with Crippen molar-refractivity contribution in [2.75, 3.05) is 38.4 Å². The molecule has 11 heteroatoms. The fourth-order valence-electron chi connectivity index (χ4n) is 4.56. The average molecular weight is 638 g/mol. The van der Waals surface area contributed by atoms with Gasteiger partial charge < -0.3 is 44.5 Å². The number of methoxy groups -OCH3 is 1. The number of ether oxygens (including phenoxy) is 2. The van der Waals surface area contributed by atoms with Gasteiger partial charge in [-0.3, -0.25) is 4.79 Å². The lowest BCUT2D eigenvalue weighted by Gasteiger charge is -2.21. The number of carbonyl (C=O) groups excluding carboxylic acids is 4. The Hall–Kier alpha value is -4.64. The molecule has 5 rings (SSSR count). The normalized spacial score (nSPS) is 14.9. The predicted octanol–water partition coefficient (Wildman–Crippen LogP) is 6.33. The number of hydrogen-bond acceptors (Lipinski definition) is 8. The highest BCUT2D eigenvalue weighted by atomic mass is 16.5. The van der Waals surface area contributed by atoms with E-state index in [2.05, 4.69) is 56.3 Å². The van der Waals surface area contributed by atoms with Gasteiger partial charge in [-0.25, -0.2) is 4.79 Å². The Bertz CT molecular complexity index is 1390. The molecule has 1 fully saturated rings. The third-order valence-corrected chi connectivity index (χ3v) is 7.58. The van der Waals surface area contributed by atoms with Crippen molar-refractivity contribution in [3.63, 3.8) is 0 Å². The van der Waals surface area contributed by atoms with Crippen molar-refractivity contribution in [1.82, 2.24) is 14.8 Å².